The number of nitro groups is 1. The van der Waals surface area contributed by atoms with Gasteiger partial charge in [-0.05, 0) is 25.8 Å². The van der Waals surface area contributed by atoms with E-state index >= 15 is 0 Å². The molecule has 0 saturated carbocycles. The normalized spacial score (nSPS) is 22.2. The van der Waals surface area contributed by atoms with Crippen LogP contribution in [0.1, 0.15) is 19.8 Å². The first-order valence-corrected chi connectivity index (χ1v) is 6.25. The van der Waals surface area contributed by atoms with Crippen molar-refractivity contribution in [1.82, 2.24) is 4.98 Å². The second kappa shape index (κ2) is 5.40. The van der Waals surface area contributed by atoms with Crippen LogP contribution >= 0.6 is 0 Å². The van der Waals surface area contributed by atoms with Crippen molar-refractivity contribution in [2.75, 3.05) is 30.8 Å². The zero-order chi connectivity index (χ0) is 13.9. The van der Waals surface area contributed by atoms with Crippen molar-refractivity contribution in [3.63, 3.8) is 0 Å². The highest BCUT2D eigenvalue weighted by Crippen LogP contribution is 2.28. The summed E-state index contributed by atoms with van der Waals surface area (Å²) in [5.41, 5.74) is -0.300. The Labute approximate surface area is 111 Å². The molecule has 1 aromatic heterocycles. The van der Waals surface area contributed by atoms with Gasteiger partial charge in [0, 0.05) is 26.3 Å². The third kappa shape index (κ3) is 3.11. The zero-order valence-corrected chi connectivity index (χ0v) is 11.1. The Balaban J connectivity index is 2.15. The van der Waals surface area contributed by atoms with E-state index in [2.05, 4.69) is 15.6 Å². The molecule has 2 rings (SSSR count). The van der Waals surface area contributed by atoms with Crippen molar-refractivity contribution in [2.24, 2.45) is 0 Å². The molecule has 1 aliphatic heterocycles. The molecule has 0 amide bonds. The number of aromatic nitrogens is 1. The number of hydrogen-bond acceptors (Lipinski definition) is 6. The number of ether oxygens (including phenoxy) is 1. The predicted molar refractivity (Wildman–Crippen MR) is 72.5 cm³/mol. The fourth-order valence-corrected chi connectivity index (χ4v) is 2.12. The molecule has 1 aliphatic rings. The summed E-state index contributed by atoms with van der Waals surface area (Å²) < 4.78 is 5.64. The molecular formula is C12H18N4O3. The van der Waals surface area contributed by atoms with Crippen molar-refractivity contribution >= 4 is 17.3 Å². The largest absolute Gasteiger partial charge is 0.373 e. The molecular weight excluding hydrogens is 248 g/mol. The maximum Gasteiger partial charge on any atom is 0.311 e. The van der Waals surface area contributed by atoms with Crippen molar-refractivity contribution in [3.8, 4) is 0 Å². The first kappa shape index (κ1) is 13.5. The highest BCUT2D eigenvalue weighted by molar-refractivity contribution is 5.60. The Morgan fingerprint density at radius 3 is 2.95 bits per heavy atom. The minimum atomic E-state index is -0.438. The van der Waals surface area contributed by atoms with Gasteiger partial charge in [-0.2, -0.15) is 0 Å². The van der Waals surface area contributed by atoms with Crippen LogP contribution in [0.2, 0.25) is 0 Å². The quantitative estimate of drug-likeness (QED) is 0.626. The van der Waals surface area contributed by atoms with Crippen LogP contribution in [-0.4, -0.2) is 35.7 Å². The predicted octanol–water partition coefficient (Wildman–Crippen LogP) is 2.01. The van der Waals surface area contributed by atoms with Gasteiger partial charge >= 0.3 is 5.69 Å². The molecule has 1 fully saturated rings. The minimum Gasteiger partial charge on any atom is -0.373 e. The number of nitrogens with zero attached hydrogens (tertiary/aromatic N) is 2. The van der Waals surface area contributed by atoms with E-state index < -0.39 is 4.92 Å². The lowest BCUT2D eigenvalue weighted by Crippen LogP contribution is -2.33. The van der Waals surface area contributed by atoms with Gasteiger partial charge in [0.05, 0.1) is 10.5 Å². The van der Waals surface area contributed by atoms with Crippen molar-refractivity contribution in [2.45, 2.75) is 25.4 Å². The van der Waals surface area contributed by atoms with E-state index in [0.717, 1.165) is 19.4 Å². The van der Waals surface area contributed by atoms with Crippen LogP contribution in [0.4, 0.5) is 17.3 Å². The molecule has 0 aromatic carbocycles. The van der Waals surface area contributed by atoms with E-state index in [1.807, 2.05) is 6.92 Å². The van der Waals surface area contributed by atoms with Gasteiger partial charge in [0.1, 0.15) is 5.82 Å². The fraction of sp³-hybridized carbons (Fsp3) is 0.583. The topological polar surface area (TPSA) is 89.3 Å². The minimum absolute atomic E-state index is 0.0272. The Kier molecular flexibility index (Phi) is 3.84. The first-order chi connectivity index (χ1) is 9.04. The van der Waals surface area contributed by atoms with Gasteiger partial charge in [-0.15, -0.1) is 0 Å². The smallest absolute Gasteiger partial charge is 0.311 e. The summed E-state index contributed by atoms with van der Waals surface area (Å²) in [6.45, 7) is 3.25. The standard InChI is InChI=1S/C12H18N4O3/c1-12(6-3-7-19-12)8-14-11-9(16(17)18)4-5-10(13-2)15-11/h4-5H,3,6-8H2,1-2H3,(H2,13,14,15). The van der Waals surface area contributed by atoms with E-state index in [1.165, 1.54) is 6.07 Å². The van der Waals surface area contributed by atoms with Gasteiger partial charge in [-0.1, -0.05) is 0 Å². The number of anilines is 2. The van der Waals surface area contributed by atoms with E-state index in [1.54, 1.807) is 13.1 Å². The number of rotatable bonds is 5. The van der Waals surface area contributed by atoms with Gasteiger partial charge in [0.2, 0.25) is 5.82 Å². The van der Waals surface area contributed by atoms with Gasteiger partial charge in [0.25, 0.3) is 0 Å². The van der Waals surface area contributed by atoms with E-state index in [9.17, 15) is 10.1 Å². The highest BCUT2D eigenvalue weighted by Gasteiger charge is 2.30. The van der Waals surface area contributed by atoms with Crippen LogP contribution in [0.15, 0.2) is 12.1 Å². The summed E-state index contributed by atoms with van der Waals surface area (Å²) in [5.74, 6) is 0.860. The van der Waals surface area contributed by atoms with Crippen molar-refractivity contribution in [1.29, 1.82) is 0 Å². The summed E-state index contributed by atoms with van der Waals surface area (Å²) in [4.78, 5) is 14.7. The summed E-state index contributed by atoms with van der Waals surface area (Å²) in [6.07, 6.45) is 1.96. The van der Waals surface area contributed by atoms with Gasteiger partial charge in [-0.3, -0.25) is 10.1 Å². The summed E-state index contributed by atoms with van der Waals surface area (Å²) in [6, 6.07) is 3.02. The fourth-order valence-electron chi connectivity index (χ4n) is 2.12. The Hall–Kier alpha value is -1.89. The average molecular weight is 266 g/mol. The molecule has 0 bridgehead atoms. The van der Waals surface area contributed by atoms with Crippen LogP contribution in [0.3, 0.4) is 0 Å². The molecule has 1 aromatic rings. The average Bonchev–Trinajstić information content (AvgIpc) is 2.83. The maximum absolute atomic E-state index is 11.0. The monoisotopic (exact) mass is 266 g/mol. The molecule has 7 nitrogen and oxygen atoms in total. The van der Waals surface area contributed by atoms with Crippen LogP contribution in [-0.2, 0) is 4.74 Å². The lowest BCUT2D eigenvalue weighted by Gasteiger charge is -2.23. The van der Waals surface area contributed by atoms with Gasteiger partial charge in [0.15, 0.2) is 0 Å². The van der Waals surface area contributed by atoms with Crippen LogP contribution < -0.4 is 10.6 Å². The number of nitrogens with one attached hydrogen (secondary N) is 2. The zero-order valence-electron chi connectivity index (χ0n) is 11.1. The van der Waals surface area contributed by atoms with E-state index in [0.29, 0.717) is 12.4 Å². The molecule has 19 heavy (non-hydrogen) atoms. The first-order valence-electron chi connectivity index (χ1n) is 6.25. The van der Waals surface area contributed by atoms with E-state index in [-0.39, 0.29) is 17.1 Å². The molecule has 2 N–H and O–H groups in total. The molecule has 104 valence electrons. The molecule has 0 spiro atoms. The Bertz CT molecular complexity index is 472. The summed E-state index contributed by atoms with van der Waals surface area (Å²) in [5, 5.41) is 16.9. The molecule has 2 heterocycles. The highest BCUT2D eigenvalue weighted by atomic mass is 16.6. The second-order valence-corrected chi connectivity index (χ2v) is 4.83. The van der Waals surface area contributed by atoms with E-state index in [4.69, 9.17) is 4.74 Å². The van der Waals surface area contributed by atoms with Crippen molar-refractivity contribution in [3.05, 3.63) is 22.2 Å². The maximum atomic E-state index is 11.0. The Morgan fingerprint density at radius 2 is 2.37 bits per heavy atom. The third-order valence-corrected chi connectivity index (χ3v) is 3.26. The summed E-state index contributed by atoms with van der Waals surface area (Å²) in [7, 11) is 1.72. The number of pyridine rings is 1. The van der Waals surface area contributed by atoms with Crippen molar-refractivity contribution < 1.29 is 9.66 Å². The van der Waals surface area contributed by atoms with Gasteiger partial charge < -0.3 is 15.4 Å². The summed E-state index contributed by atoms with van der Waals surface area (Å²) >= 11 is 0. The molecule has 7 heteroatoms. The second-order valence-electron chi connectivity index (χ2n) is 4.83. The van der Waals surface area contributed by atoms with Gasteiger partial charge in [-0.25, -0.2) is 4.98 Å². The van der Waals surface area contributed by atoms with Crippen LogP contribution in [0.25, 0.3) is 0 Å². The Morgan fingerprint density at radius 1 is 1.58 bits per heavy atom. The molecule has 1 unspecified atom stereocenters. The molecule has 0 radical (unpaired) electrons. The molecule has 1 saturated heterocycles. The molecule has 0 aliphatic carbocycles. The van der Waals surface area contributed by atoms with Crippen LogP contribution in [0, 0.1) is 10.1 Å². The SMILES string of the molecule is CNc1ccc([N+](=O)[O-])c(NCC2(C)CCCO2)n1. The lowest BCUT2D eigenvalue weighted by atomic mass is 10.0. The number of hydrogen-bond donors (Lipinski definition) is 2. The third-order valence-electron chi connectivity index (χ3n) is 3.26. The lowest BCUT2D eigenvalue weighted by molar-refractivity contribution is -0.384. The van der Waals surface area contributed by atoms with Crippen LogP contribution in [0.5, 0.6) is 0 Å². The molecule has 1 atom stereocenters.